The van der Waals surface area contributed by atoms with E-state index in [1.807, 2.05) is 42.5 Å². The molecule has 5 heteroatoms. The van der Waals surface area contributed by atoms with Gasteiger partial charge < -0.3 is 14.7 Å². The van der Waals surface area contributed by atoms with Gasteiger partial charge >= 0.3 is 0 Å². The molecule has 1 N–H and O–H groups in total. The largest absolute Gasteiger partial charge is 0.497 e. The monoisotopic (exact) mass is 374 g/mol. The number of anilines is 1. The molecule has 1 aliphatic carbocycles. The summed E-state index contributed by atoms with van der Waals surface area (Å²) in [5.41, 5.74) is 4.13. The zero-order valence-corrected chi connectivity index (χ0v) is 15.8. The highest BCUT2D eigenvalue weighted by Crippen LogP contribution is 2.46. The van der Waals surface area contributed by atoms with Gasteiger partial charge in [0, 0.05) is 41.8 Å². The van der Waals surface area contributed by atoms with Gasteiger partial charge in [0.15, 0.2) is 5.78 Å². The number of para-hydroxylation sites is 1. The van der Waals surface area contributed by atoms with Crippen molar-refractivity contribution in [3.63, 3.8) is 0 Å². The molecule has 142 valence electrons. The summed E-state index contributed by atoms with van der Waals surface area (Å²) < 4.78 is 5.34. The maximum atomic E-state index is 13.4. The van der Waals surface area contributed by atoms with Crippen LogP contribution in [0.4, 0.5) is 5.82 Å². The number of pyridine rings is 1. The molecule has 28 heavy (non-hydrogen) atoms. The minimum absolute atomic E-state index is 0.0361. The summed E-state index contributed by atoms with van der Waals surface area (Å²) in [6, 6.07) is 13.6. The van der Waals surface area contributed by atoms with Gasteiger partial charge in [-0.2, -0.15) is 0 Å². The van der Waals surface area contributed by atoms with Gasteiger partial charge in [0.2, 0.25) is 0 Å². The number of carbonyl (C=O) groups is 1. The van der Waals surface area contributed by atoms with Crippen LogP contribution in [0.3, 0.4) is 0 Å². The van der Waals surface area contributed by atoms with Crippen LogP contribution >= 0.6 is 0 Å². The second-order valence-electron chi connectivity index (χ2n) is 7.56. The van der Waals surface area contributed by atoms with Crippen molar-refractivity contribution in [1.29, 1.82) is 0 Å². The van der Waals surface area contributed by atoms with Crippen molar-refractivity contribution in [3.05, 3.63) is 53.6 Å². The Morgan fingerprint density at radius 3 is 2.64 bits per heavy atom. The quantitative estimate of drug-likeness (QED) is 0.593. The number of hydrogen-bond donors (Lipinski definition) is 1. The van der Waals surface area contributed by atoms with E-state index in [0.29, 0.717) is 17.2 Å². The van der Waals surface area contributed by atoms with Gasteiger partial charge in [-0.1, -0.05) is 18.2 Å². The molecule has 0 unspecified atom stereocenters. The number of carbonyl (C=O) groups excluding carboxylic acids is 1. The highest BCUT2D eigenvalue weighted by molar-refractivity contribution is 6.28. The van der Waals surface area contributed by atoms with E-state index in [4.69, 9.17) is 9.72 Å². The van der Waals surface area contributed by atoms with Crippen molar-refractivity contribution in [2.45, 2.75) is 12.8 Å². The number of benzene rings is 2. The fraction of sp³-hybridized carbons (Fsp3) is 0.304. The van der Waals surface area contributed by atoms with Gasteiger partial charge in [0.25, 0.3) is 0 Å². The number of methoxy groups -OCH3 is 1. The molecule has 5 rings (SSSR count). The molecule has 1 aliphatic heterocycles. The molecular formula is C23H22N2O3. The van der Waals surface area contributed by atoms with Gasteiger partial charge in [0.05, 0.1) is 12.6 Å². The first-order chi connectivity index (χ1) is 13.7. The first-order valence-corrected chi connectivity index (χ1v) is 9.73. The number of aliphatic hydroxyl groups excluding tert-OH is 1. The van der Waals surface area contributed by atoms with Gasteiger partial charge in [-0.15, -0.1) is 0 Å². The summed E-state index contributed by atoms with van der Waals surface area (Å²) in [5.74, 6) is 1.95. The van der Waals surface area contributed by atoms with E-state index in [9.17, 15) is 9.90 Å². The van der Waals surface area contributed by atoms with Gasteiger partial charge in [-0.05, 0) is 48.6 Å². The van der Waals surface area contributed by atoms with Crippen molar-refractivity contribution >= 4 is 22.5 Å². The number of rotatable bonds is 3. The molecule has 0 bridgehead atoms. The van der Waals surface area contributed by atoms with E-state index in [1.54, 1.807) is 7.11 Å². The molecule has 3 aromatic rings. The number of ketones is 1. The zero-order chi connectivity index (χ0) is 19.3. The number of ether oxygens (including phenoxy) is 1. The molecular weight excluding hydrogens is 352 g/mol. The fourth-order valence-corrected chi connectivity index (χ4v) is 4.44. The summed E-state index contributed by atoms with van der Waals surface area (Å²) in [6.45, 7) is 1.91. The van der Waals surface area contributed by atoms with Crippen LogP contribution in [0.25, 0.3) is 22.0 Å². The predicted octanol–water partition coefficient (Wildman–Crippen LogP) is 3.66. The molecule has 2 aliphatic rings. The van der Waals surface area contributed by atoms with Gasteiger partial charge in [-0.25, -0.2) is 4.98 Å². The Kier molecular flexibility index (Phi) is 4.05. The van der Waals surface area contributed by atoms with E-state index < -0.39 is 0 Å². The van der Waals surface area contributed by atoms with Crippen molar-refractivity contribution in [2.75, 3.05) is 31.7 Å². The van der Waals surface area contributed by atoms with Crippen LogP contribution in [0.15, 0.2) is 42.5 Å². The molecule has 0 spiro atoms. The third-order valence-corrected chi connectivity index (χ3v) is 6.01. The van der Waals surface area contributed by atoms with E-state index in [2.05, 4.69) is 4.90 Å². The minimum atomic E-state index is 0.0361. The van der Waals surface area contributed by atoms with E-state index in [0.717, 1.165) is 59.3 Å². The third kappa shape index (κ3) is 2.50. The molecule has 1 fully saturated rings. The lowest BCUT2D eigenvalue weighted by molar-refractivity contribution is 0.104. The predicted molar refractivity (Wildman–Crippen MR) is 109 cm³/mol. The average Bonchev–Trinajstić information content (AvgIpc) is 3.05. The minimum Gasteiger partial charge on any atom is -0.497 e. The second-order valence-corrected chi connectivity index (χ2v) is 7.56. The summed E-state index contributed by atoms with van der Waals surface area (Å²) in [7, 11) is 1.61. The van der Waals surface area contributed by atoms with Crippen LogP contribution in [-0.2, 0) is 0 Å². The molecule has 0 saturated carbocycles. The Bertz CT molecular complexity index is 1080. The highest BCUT2D eigenvalue weighted by Gasteiger charge is 2.34. The zero-order valence-electron chi connectivity index (χ0n) is 15.8. The number of fused-ring (bicyclic) bond motifs is 5. The topological polar surface area (TPSA) is 62.7 Å². The summed E-state index contributed by atoms with van der Waals surface area (Å²) >= 11 is 0. The van der Waals surface area contributed by atoms with Crippen LogP contribution in [0.5, 0.6) is 5.75 Å². The van der Waals surface area contributed by atoms with Crippen LogP contribution in [-0.4, -0.2) is 42.7 Å². The molecule has 0 amide bonds. The molecule has 0 radical (unpaired) electrons. The summed E-state index contributed by atoms with van der Waals surface area (Å²) in [4.78, 5) is 20.6. The fourth-order valence-electron chi connectivity index (χ4n) is 4.44. The molecule has 1 saturated heterocycles. The summed E-state index contributed by atoms with van der Waals surface area (Å²) in [5, 5.41) is 10.4. The first kappa shape index (κ1) is 17.2. The van der Waals surface area contributed by atoms with Crippen LogP contribution in [0.2, 0.25) is 0 Å². The Morgan fingerprint density at radius 2 is 1.89 bits per heavy atom. The highest BCUT2D eigenvalue weighted by atomic mass is 16.5. The first-order valence-electron chi connectivity index (χ1n) is 9.73. The van der Waals surface area contributed by atoms with E-state index in [1.165, 1.54) is 0 Å². The lowest BCUT2D eigenvalue weighted by Gasteiger charge is -2.33. The molecule has 2 heterocycles. The SMILES string of the molecule is COc1ccc2c(c1)C(=O)c1c-2c(N2CCC(CO)CC2)nc2ccccc12. The number of aromatic nitrogens is 1. The van der Waals surface area contributed by atoms with E-state index in [-0.39, 0.29) is 12.4 Å². The van der Waals surface area contributed by atoms with Crippen LogP contribution < -0.4 is 9.64 Å². The lowest BCUT2D eigenvalue weighted by Crippen LogP contribution is -2.35. The Labute approximate surface area is 163 Å². The molecule has 0 atom stereocenters. The second kappa shape index (κ2) is 6.60. The third-order valence-electron chi connectivity index (χ3n) is 6.01. The number of piperidine rings is 1. The lowest BCUT2D eigenvalue weighted by atomic mass is 9.96. The van der Waals surface area contributed by atoms with E-state index >= 15 is 0 Å². The normalized spacial score (nSPS) is 16.4. The van der Waals surface area contributed by atoms with Crippen LogP contribution in [0, 0.1) is 5.92 Å². The standard InChI is InChI=1S/C23H22N2O3/c1-28-15-6-7-16-18(12-15)22(27)20-17-4-2-3-5-19(17)24-23(21(16)20)25-10-8-14(13-26)9-11-25/h2-7,12,14,26H,8-11,13H2,1H3. The Hall–Kier alpha value is -2.92. The summed E-state index contributed by atoms with van der Waals surface area (Å²) in [6.07, 6.45) is 1.87. The molecule has 5 nitrogen and oxygen atoms in total. The van der Waals surface area contributed by atoms with Gasteiger partial charge in [-0.3, -0.25) is 4.79 Å². The van der Waals surface area contributed by atoms with Crippen molar-refractivity contribution in [3.8, 4) is 16.9 Å². The Balaban J connectivity index is 1.73. The average molecular weight is 374 g/mol. The van der Waals surface area contributed by atoms with Gasteiger partial charge in [0.1, 0.15) is 11.6 Å². The Morgan fingerprint density at radius 1 is 1.11 bits per heavy atom. The van der Waals surface area contributed by atoms with Crippen molar-refractivity contribution in [1.82, 2.24) is 4.98 Å². The number of aliphatic hydroxyl groups is 1. The maximum absolute atomic E-state index is 13.4. The number of nitrogens with zero attached hydrogens (tertiary/aromatic N) is 2. The molecule has 2 aromatic carbocycles. The smallest absolute Gasteiger partial charge is 0.195 e. The van der Waals surface area contributed by atoms with Crippen molar-refractivity contribution < 1.29 is 14.6 Å². The van der Waals surface area contributed by atoms with Crippen molar-refractivity contribution in [2.24, 2.45) is 5.92 Å². The maximum Gasteiger partial charge on any atom is 0.195 e. The molecule has 1 aromatic heterocycles. The number of hydrogen-bond acceptors (Lipinski definition) is 5. The van der Waals surface area contributed by atoms with Crippen LogP contribution in [0.1, 0.15) is 28.8 Å².